The predicted octanol–water partition coefficient (Wildman–Crippen LogP) is 2.82. The molecule has 5 nitrogen and oxygen atoms in total. The number of aromatic nitrogens is 1. The van der Waals surface area contributed by atoms with Gasteiger partial charge in [0.05, 0.1) is 0 Å². The van der Waals surface area contributed by atoms with E-state index in [4.69, 9.17) is 9.15 Å². The molecule has 2 aromatic carbocycles. The molecule has 5 heteroatoms. The first-order valence-electron chi connectivity index (χ1n) is 7.33. The van der Waals surface area contributed by atoms with Gasteiger partial charge >= 0.3 is 5.76 Å². The molecule has 0 bridgehead atoms. The topological polar surface area (TPSA) is 75.5 Å². The molecule has 0 saturated carbocycles. The quantitative estimate of drug-likeness (QED) is 0.734. The van der Waals surface area contributed by atoms with Crippen molar-refractivity contribution in [2.75, 3.05) is 0 Å². The van der Waals surface area contributed by atoms with Crippen molar-refractivity contribution in [2.45, 2.75) is 19.1 Å². The number of ether oxygens (including phenoxy) is 1. The summed E-state index contributed by atoms with van der Waals surface area (Å²) < 4.78 is 10.6. The van der Waals surface area contributed by atoms with E-state index < -0.39 is 11.9 Å². The molecule has 3 rings (SSSR count). The first kappa shape index (κ1) is 15.1. The Balaban J connectivity index is 1.57. The van der Waals surface area contributed by atoms with Crippen LogP contribution in [0.25, 0.3) is 0 Å². The lowest BCUT2D eigenvalue weighted by molar-refractivity contribution is 0.148. The number of hydrogen-bond donors (Lipinski definition) is 2. The number of benzene rings is 2. The van der Waals surface area contributed by atoms with Crippen molar-refractivity contribution in [3.63, 3.8) is 0 Å². The minimum absolute atomic E-state index is 0.236. The SMILES string of the molecule is O=c1[nH]cc(C(O)Cc2ccc(OCc3ccccc3)cc2)o1. The fourth-order valence-electron chi connectivity index (χ4n) is 2.25. The van der Waals surface area contributed by atoms with Gasteiger partial charge in [0.2, 0.25) is 0 Å². The normalized spacial score (nSPS) is 12.0. The number of aliphatic hydroxyl groups excluding tert-OH is 1. The molecule has 0 fully saturated rings. The van der Waals surface area contributed by atoms with Gasteiger partial charge in [0, 0.05) is 12.6 Å². The van der Waals surface area contributed by atoms with Crippen molar-refractivity contribution in [3.05, 3.63) is 88.2 Å². The van der Waals surface area contributed by atoms with E-state index in [1.165, 1.54) is 6.20 Å². The summed E-state index contributed by atoms with van der Waals surface area (Å²) in [5, 5.41) is 10.0. The van der Waals surface area contributed by atoms with Crippen LogP contribution in [0.1, 0.15) is 23.0 Å². The Hall–Kier alpha value is -2.79. The molecule has 0 aliphatic heterocycles. The lowest BCUT2D eigenvalue weighted by Gasteiger charge is -2.09. The van der Waals surface area contributed by atoms with E-state index in [0.29, 0.717) is 13.0 Å². The first-order chi connectivity index (χ1) is 11.2. The second-order valence-corrected chi connectivity index (χ2v) is 5.22. The summed E-state index contributed by atoms with van der Waals surface area (Å²) in [5.74, 6) is 0.434. The van der Waals surface area contributed by atoms with Crippen molar-refractivity contribution in [3.8, 4) is 5.75 Å². The number of H-pyrrole nitrogens is 1. The highest BCUT2D eigenvalue weighted by Crippen LogP contribution is 2.19. The lowest BCUT2D eigenvalue weighted by Crippen LogP contribution is -2.01. The molecule has 1 unspecified atom stereocenters. The third-order valence-corrected chi connectivity index (χ3v) is 3.47. The average molecular weight is 311 g/mol. The molecule has 0 radical (unpaired) electrons. The molecule has 2 N–H and O–H groups in total. The molecule has 0 amide bonds. The van der Waals surface area contributed by atoms with Gasteiger partial charge in [-0.3, -0.25) is 4.98 Å². The minimum Gasteiger partial charge on any atom is -0.489 e. The molecule has 3 aromatic rings. The highest BCUT2D eigenvalue weighted by atomic mass is 16.5. The number of nitrogens with one attached hydrogen (secondary N) is 1. The van der Waals surface area contributed by atoms with Crippen LogP contribution in [0.3, 0.4) is 0 Å². The third-order valence-electron chi connectivity index (χ3n) is 3.47. The number of oxazole rings is 1. The van der Waals surface area contributed by atoms with E-state index in [1.54, 1.807) is 0 Å². The zero-order valence-corrected chi connectivity index (χ0v) is 12.4. The summed E-state index contributed by atoms with van der Waals surface area (Å²) in [7, 11) is 0. The van der Waals surface area contributed by atoms with Gasteiger partial charge in [-0.05, 0) is 23.3 Å². The van der Waals surface area contributed by atoms with Gasteiger partial charge in [-0.25, -0.2) is 4.79 Å². The van der Waals surface area contributed by atoms with Crippen LogP contribution in [-0.2, 0) is 13.0 Å². The van der Waals surface area contributed by atoms with Gasteiger partial charge in [0.1, 0.15) is 18.5 Å². The zero-order valence-electron chi connectivity index (χ0n) is 12.4. The summed E-state index contributed by atoms with van der Waals surface area (Å²) in [6.45, 7) is 0.511. The van der Waals surface area contributed by atoms with Gasteiger partial charge in [0.15, 0.2) is 5.76 Å². The predicted molar refractivity (Wildman–Crippen MR) is 85.2 cm³/mol. The maximum Gasteiger partial charge on any atom is 0.416 e. The van der Waals surface area contributed by atoms with Gasteiger partial charge in [0.25, 0.3) is 0 Å². The molecule has 0 aliphatic rings. The molecule has 1 heterocycles. The van der Waals surface area contributed by atoms with Crippen LogP contribution in [0.5, 0.6) is 5.75 Å². The van der Waals surface area contributed by atoms with Crippen LogP contribution >= 0.6 is 0 Å². The molecule has 1 aromatic heterocycles. The molecule has 23 heavy (non-hydrogen) atoms. The summed E-state index contributed by atoms with van der Waals surface area (Å²) in [6.07, 6.45) is 0.884. The standard InChI is InChI=1S/C18H17NO4/c20-16(17-11-19-18(21)23-17)10-13-6-8-15(9-7-13)22-12-14-4-2-1-3-5-14/h1-9,11,16,20H,10,12H2,(H,19,21). The molecule has 0 saturated heterocycles. The molecule has 118 valence electrons. The molecule has 0 spiro atoms. The smallest absolute Gasteiger partial charge is 0.416 e. The number of aliphatic hydroxyl groups is 1. The number of hydrogen-bond acceptors (Lipinski definition) is 4. The maximum atomic E-state index is 10.9. The highest BCUT2D eigenvalue weighted by molar-refractivity contribution is 5.28. The van der Waals surface area contributed by atoms with Gasteiger partial charge < -0.3 is 14.3 Å². The molecular weight excluding hydrogens is 294 g/mol. The third kappa shape index (κ3) is 4.11. The van der Waals surface area contributed by atoms with Crippen molar-refractivity contribution in [1.29, 1.82) is 0 Å². The molecule has 1 atom stereocenters. The zero-order chi connectivity index (χ0) is 16.1. The fraction of sp³-hybridized carbons (Fsp3) is 0.167. The van der Waals surface area contributed by atoms with Crippen molar-refractivity contribution in [2.24, 2.45) is 0 Å². The van der Waals surface area contributed by atoms with Crippen LogP contribution in [0.4, 0.5) is 0 Å². The average Bonchev–Trinajstić information content (AvgIpc) is 3.02. The Morgan fingerprint density at radius 2 is 1.78 bits per heavy atom. The highest BCUT2D eigenvalue weighted by Gasteiger charge is 2.13. The van der Waals surface area contributed by atoms with E-state index in [0.717, 1.165) is 16.9 Å². The minimum atomic E-state index is -0.856. The summed E-state index contributed by atoms with van der Waals surface area (Å²) in [4.78, 5) is 13.3. The lowest BCUT2D eigenvalue weighted by atomic mass is 10.1. The van der Waals surface area contributed by atoms with Crippen molar-refractivity contribution >= 4 is 0 Å². The Morgan fingerprint density at radius 1 is 1.04 bits per heavy atom. The Labute approximate surface area is 133 Å². The number of rotatable bonds is 6. The van der Waals surface area contributed by atoms with E-state index in [1.807, 2.05) is 54.6 Å². The number of aromatic amines is 1. The molecular formula is C18H17NO4. The molecule has 0 aliphatic carbocycles. The second kappa shape index (κ2) is 6.98. The largest absolute Gasteiger partial charge is 0.489 e. The summed E-state index contributed by atoms with van der Waals surface area (Å²) >= 11 is 0. The monoisotopic (exact) mass is 311 g/mol. The van der Waals surface area contributed by atoms with E-state index in [9.17, 15) is 9.90 Å². The Kier molecular flexibility index (Phi) is 4.59. The maximum absolute atomic E-state index is 10.9. The van der Waals surface area contributed by atoms with Gasteiger partial charge in [-0.1, -0.05) is 42.5 Å². The first-order valence-corrected chi connectivity index (χ1v) is 7.33. The Morgan fingerprint density at radius 3 is 2.43 bits per heavy atom. The van der Waals surface area contributed by atoms with Crippen molar-refractivity contribution < 1.29 is 14.3 Å². The van der Waals surface area contributed by atoms with Crippen LogP contribution in [0, 0.1) is 0 Å². The van der Waals surface area contributed by atoms with Crippen LogP contribution in [0.15, 0.2) is 70.0 Å². The van der Waals surface area contributed by atoms with Crippen LogP contribution in [0.2, 0.25) is 0 Å². The van der Waals surface area contributed by atoms with E-state index in [-0.39, 0.29) is 5.76 Å². The van der Waals surface area contributed by atoms with Crippen molar-refractivity contribution in [1.82, 2.24) is 4.98 Å². The van der Waals surface area contributed by atoms with Crippen LogP contribution < -0.4 is 10.5 Å². The van der Waals surface area contributed by atoms with E-state index in [2.05, 4.69) is 4.98 Å². The fourth-order valence-corrected chi connectivity index (χ4v) is 2.25. The summed E-state index contributed by atoms with van der Waals surface area (Å²) in [6, 6.07) is 17.4. The Bertz CT molecular complexity index is 790. The van der Waals surface area contributed by atoms with E-state index >= 15 is 0 Å². The van der Waals surface area contributed by atoms with Gasteiger partial charge in [-0.2, -0.15) is 0 Å². The van der Waals surface area contributed by atoms with Crippen LogP contribution in [-0.4, -0.2) is 10.1 Å². The van der Waals surface area contributed by atoms with Gasteiger partial charge in [-0.15, -0.1) is 0 Å². The second-order valence-electron chi connectivity index (χ2n) is 5.22. The summed E-state index contributed by atoms with van der Waals surface area (Å²) in [5.41, 5.74) is 2.03.